The fraction of sp³-hybridized carbons (Fsp3) is 0.438. The third kappa shape index (κ3) is 6.06. The van der Waals surface area contributed by atoms with Crippen LogP contribution in [0, 0.1) is 13.8 Å². The Morgan fingerprint density at radius 3 is 2.78 bits per heavy atom. The van der Waals surface area contributed by atoms with Crippen molar-refractivity contribution in [3.63, 3.8) is 0 Å². The van der Waals surface area contributed by atoms with E-state index >= 15 is 0 Å². The molecule has 7 heteroatoms. The van der Waals surface area contributed by atoms with Crippen molar-refractivity contribution in [2.45, 2.75) is 33.9 Å². The minimum Gasteiger partial charge on any atom is -0.357 e. The van der Waals surface area contributed by atoms with Gasteiger partial charge in [-0.05, 0) is 32.4 Å². The maximum absolute atomic E-state index is 4.69. The van der Waals surface area contributed by atoms with E-state index in [0.29, 0.717) is 6.54 Å². The third-order valence-corrected chi connectivity index (χ3v) is 4.08. The molecule has 23 heavy (non-hydrogen) atoms. The second-order valence-corrected chi connectivity index (χ2v) is 6.21. The predicted molar refractivity (Wildman–Crippen MR) is 108 cm³/mol. The number of aromatic nitrogens is 2. The quantitative estimate of drug-likeness (QED) is 0.436. The van der Waals surface area contributed by atoms with E-state index in [4.69, 9.17) is 4.99 Å². The molecular formula is C16H24IN5S. The molecule has 2 aromatic heterocycles. The van der Waals surface area contributed by atoms with Crippen molar-refractivity contribution in [3.05, 3.63) is 45.7 Å². The Balaban J connectivity index is 0.00000264. The van der Waals surface area contributed by atoms with E-state index in [0.717, 1.165) is 35.4 Å². The second-order valence-electron chi connectivity index (χ2n) is 5.15. The molecule has 0 spiro atoms. The van der Waals surface area contributed by atoms with E-state index in [1.54, 1.807) is 11.3 Å². The van der Waals surface area contributed by atoms with Gasteiger partial charge < -0.3 is 10.2 Å². The molecule has 0 bridgehead atoms. The number of rotatable bonds is 5. The van der Waals surface area contributed by atoms with Gasteiger partial charge in [-0.2, -0.15) is 0 Å². The first-order valence-electron chi connectivity index (χ1n) is 7.41. The zero-order valence-electron chi connectivity index (χ0n) is 14.0. The summed E-state index contributed by atoms with van der Waals surface area (Å²) < 4.78 is 0. The van der Waals surface area contributed by atoms with Crippen LogP contribution in [0.4, 0.5) is 0 Å². The number of thiazole rings is 1. The number of aryl methyl sites for hydroxylation is 2. The first kappa shape index (κ1) is 19.8. The highest BCUT2D eigenvalue weighted by atomic mass is 127. The lowest BCUT2D eigenvalue weighted by atomic mass is 10.2. The summed E-state index contributed by atoms with van der Waals surface area (Å²) in [6.07, 6.45) is 1.81. The number of hydrogen-bond donors (Lipinski definition) is 1. The number of nitrogens with zero attached hydrogens (tertiary/aromatic N) is 4. The van der Waals surface area contributed by atoms with Gasteiger partial charge in [-0.15, -0.1) is 35.3 Å². The van der Waals surface area contributed by atoms with Gasteiger partial charge in [0.1, 0.15) is 0 Å². The van der Waals surface area contributed by atoms with Gasteiger partial charge in [0.15, 0.2) is 5.96 Å². The summed E-state index contributed by atoms with van der Waals surface area (Å²) in [6, 6.07) is 4.01. The summed E-state index contributed by atoms with van der Waals surface area (Å²) in [5.74, 6) is 0.873. The fourth-order valence-corrected chi connectivity index (χ4v) is 2.71. The molecule has 1 N–H and O–H groups in total. The van der Waals surface area contributed by atoms with Crippen LogP contribution in [0.2, 0.25) is 0 Å². The molecule has 2 heterocycles. The molecule has 0 atom stereocenters. The van der Waals surface area contributed by atoms with Crippen LogP contribution in [0.3, 0.4) is 0 Å². The molecular weight excluding hydrogens is 421 g/mol. The van der Waals surface area contributed by atoms with Crippen LogP contribution in [-0.2, 0) is 13.1 Å². The van der Waals surface area contributed by atoms with Crippen molar-refractivity contribution in [1.29, 1.82) is 0 Å². The Kier molecular flexibility index (Phi) is 8.46. The van der Waals surface area contributed by atoms with Crippen molar-refractivity contribution in [1.82, 2.24) is 20.2 Å². The normalized spacial score (nSPS) is 11.0. The summed E-state index contributed by atoms with van der Waals surface area (Å²) in [5.41, 5.74) is 3.25. The summed E-state index contributed by atoms with van der Waals surface area (Å²) in [4.78, 5) is 15.7. The number of nitrogens with one attached hydrogen (secondary N) is 1. The van der Waals surface area contributed by atoms with E-state index < -0.39 is 0 Å². The summed E-state index contributed by atoms with van der Waals surface area (Å²) in [5, 5.41) is 6.51. The minimum absolute atomic E-state index is 0. The largest absolute Gasteiger partial charge is 0.357 e. The van der Waals surface area contributed by atoms with Gasteiger partial charge in [0, 0.05) is 25.2 Å². The van der Waals surface area contributed by atoms with Crippen LogP contribution < -0.4 is 5.32 Å². The van der Waals surface area contributed by atoms with Gasteiger partial charge in [-0.1, -0.05) is 6.07 Å². The van der Waals surface area contributed by atoms with E-state index in [1.165, 1.54) is 5.56 Å². The number of pyridine rings is 1. The molecule has 126 valence electrons. The van der Waals surface area contributed by atoms with Crippen molar-refractivity contribution >= 4 is 41.3 Å². The third-order valence-electron chi connectivity index (χ3n) is 3.26. The second kappa shape index (κ2) is 9.82. The van der Waals surface area contributed by atoms with Gasteiger partial charge in [0.05, 0.1) is 29.5 Å². The maximum atomic E-state index is 4.69. The Bertz CT molecular complexity index is 641. The monoisotopic (exact) mass is 445 g/mol. The lowest BCUT2D eigenvalue weighted by Gasteiger charge is -2.21. The van der Waals surface area contributed by atoms with Crippen LogP contribution in [0.15, 0.2) is 28.7 Å². The Morgan fingerprint density at radius 2 is 2.17 bits per heavy atom. The first-order valence-corrected chi connectivity index (χ1v) is 8.29. The average Bonchev–Trinajstić information content (AvgIpc) is 2.90. The summed E-state index contributed by atoms with van der Waals surface area (Å²) in [7, 11) is 2.03. The Hall–Kier alpha value is -1.22. The Labute approximate surface area is 159 Å². The molecule has 0 radical (unpaired) electrons. The average molecular weight is 445 g/mol. The van der Waals surface area contributed by atoms with Gasteiger partial charge in [0.25, 0.3) is 0 Å². The molecule has 2 aromatic rings. The topological polar surface area (TPSA) is 53.4 Å². The van der Waals surface area contributed by atoms with E-state index in [1.807, 2.05) is 26.2 Å². The molecule has 0 aliphatic rings. The van der Waals surface area contributed by atoms with Crippen molar-refractivity contribution in [2.75, 3.05) is 13.6 Å². The van der Waals surface area contributed by atoms with E-state index in [2.05, 4.69) is 45.5 Å². The van der Waals surface area contributed by atoms with Crippen molar-refractivity contribution < 1.29 is 0 Å². The van der Waals surface area contributed by atoms with Crippen LogP contribution in [0.1, 0.15) is 28.9 Å². The summed E-state index contributed by atoms with van der Waals surface area (Å²) >= 11 is 1.68. The number of aliphatic imine (C=N–C) groups is 1. The van der Waals surface area contributed by atoms with Crippen molar-refractivity contribution in [3.8, 4) is 0 Å². The number of guanidine groups is 1. The van der Waals surface area contributed by atoms with Gasteiger partial charge in [-0.3, -0.25) is 4.98 Å². The van der Waals surface area contributed by atoms with Crippen LogP contribution in [-0.4, -0.2) is 34.4 Å². The fourth-order valence-electron chi connectivity index (χ4n) is 2.10. The summed E-state index contributed by atoms with van der Waals surface area (Å²) in [6.45, 7) is 8.32. The lowest BCUT2D eigenvalue weighted by Crippen LogP contribution is -2.38. The van der Waals surface area contributed by atoms with E-state index in [9.17, 15) is 0 Å². The minimum atomic E-state index is 0. The number of halogens is 1. The van der Waals surface area contributed by atoms with Gasteiger partial charge in [-0.25, -0.2) is 9.98 Å². The molecule has 0 amide bonds. The molecule has 2 rings (SSSR count). The van der Waals surface area contributed by atoms with Crippen LogP contribution >= 0.6 is 35.3 Å². The van der Waals surface area contributed by atoms with E-state index in [-0.39, 0.29) is 24.0 Å². The highest BCUT2D eigenvalue weighted by molar-refractivity contribution is 14.0. The first-order chi connectivity index (χ1) is 10.6. The highest BCUT2D eigenvalue weighted by Crippen LogP contribution is 2.10. The lowest BCUT2D eigenvalue weighted by molar-refractivity contribution is 0.470. The van der Waals surface area contributed by atoms with Crippen molar-refractivity contribution in [2.24, 2.45) is 4.99 Å². The zero-order valence-corrected chi connectivity index (χ0v) is 17.2. The predicted octanol–water partition coefficient (Wildman–Crippen LogP) is 3.37. The molecule has 0 fully saturated rings. The molecule has 0 aromatic carbocycles. The SMILES string of the molecule is CCNC(=NCc1ncccc1C)N(C)Cc1csc(C)n1.I. The molecule has 0 aliphatic carbocycles. The Morgan fingerprint density at radius 1 is 1.39 bits per heavy atom. The van der Waals surface area contributed by atoms with Crippen LogP contribution in [0.5, 0.6) is 0 Å². The smallest absolute Gasteiger partial charge is 0.194 e. The van der Waals surface area contributed by atoms with Crippen LogP contribution in [0.25, 0.3) is 0 Å². The molecule has 5 nitrogen and oxygen atoms in total. The molecule has 0 aliphatic heterocycles. The molecule has 0 saturated carbocycles. The maximum Gasteiger partial charge on any atom is 0.194 e. The highest BCUT2D eigenvalue weighted by Gasteiger charge is 2.09. The molecule has 0 unspecified atom stereocenters. The zero-order chi connectivity index (χ0) is 15.9. The van der Waals surface area contributed by atoms with Gasteiger partial charge >= 0.3 is 0 Å². The number of hydrogen-bond acceptors (Lipinski definition) is 4. The molecule has 0 saturated heterocycles. The van der Waals surface area contributed by atoms with Gasteiger partial charge in [0.2, 0.25) is 0 Å². The standard InChI is InChI=1S/C16H23N5S.HI/c1-5-17-16(19-9-15-12(2)7-6-8-18-15)21(4)10-14-11-22-13(3)20-14;/h6-8,11H,5,9-10H2,1-4H3,(H,17,19);1H.